The van der Waals surface area contributed by atoms with Crippen LogP contribution in [0.25, 0.3) is 10.4 Å². The quantitative estimate of drug-likeness (QED) is 0.878. The first-order valence-electron chi connectivity index (χ1n) is 4.26. The predicted octanol–water partition coefficient (Wildman–Crippen LogP) is 3.05. The predicted molar refractivity (Wildman–Crippen MR) is 63.5 cm³/mol. The van der Waals surface area contributed by atoms with Gasteiger partial charge < -0.3 is 10.5 Å². The number of hydrogen-bond acceptors (Lipinski definition) is 4. The Hall–Kier alpha value is -1.26. The molecular weight excluding hydrogens is 232 g/mol. The lowest BCUT2D eigenvalue weighted by Gasteiger charge is -2.06. The largest absolute Gasteiger partial charge is 0.496 e. The zero-order chi connectivity index (χ0) is 10.8. The van der Waals surface area contributed by atoms with E-state index in [1.165, 1.54) is 11.3 Å². The molecule has 0 fully saturated rings. The Bertz CT molecular complexity index is 484. The molecule has 0 bridgehead atoms. The molecule has 0 amide bonds. The lowest BCUT2D eigenvalue weighted by molar-refractivity contribution is 0.416. The molecule has 2 N–H and O–H groups in total. The van der Waals surface area contributed by atoms with Gasteiger partial charge in [-0.2, -0.15) is 0 Å². The van der Waals surface area contributed by atoms with Gasteiger partial charge in [0.2, 0.25) is 0 Å². The molecule has 0 radical (unpaired) electrons. The molecule has 0 aliphatic rings. The smallest absolute Gasteiger partial charge is 0.180 e. The molecule has 1 heterocycles. The summed E-state index contributed by atoms with van der Waals surface area (Å²) in [5.74, 6) is 0.767. The van der Waals surface area contributed by atoms with Gasteiger partial charge in [0.05, 0.1) is 12.0 Å². The molecule has 15 heavy (non-hydrogen) atoms. The van der Waals surface area contributed by atoms with E-state index < -0.39 is 0 Å². The number of nitrogen functional groups attached to an aromatic ring is 1. The molecule has 1 aromatic heterocycles. The Kier molecular flexibility index (Phi) is 2.79. The Morgan fingerprint density at radius 2 is 2.27 bits per heavy atom. The van der Waals surface area contributed by atoms with Crippen LogP contribution in [0.3, 0.4) is 0 Å². The van der Waals surface area contributed by atoms with E-state index in [9.17, 15) is 0 Å². The highest BCUT2D eigenvalue weighted by Crippen LogP contribution is 2.36. The van der Waals surface area contributed by atoms with Crippen LogP contribution in [0.15, 0.2) is 24.4 Å². The number of ether oxygens (including phenoxy) is 1. The zero-order valence-electron chi connectivity index (χ0n) is 8.03. The Labute approximate surface area is 96.5 Å². The van der Waals surface area contributed by atoms with Gasteiger partial charge in [-0.05, 0) is 18.2 Å². The van der Waals surface area contributed by atoms with E-state index in [0.29, 0.717) is 10.2 Å². The molecule has 0 aliphatic heterocycles. The van der Waals surface area contributed by atoms with Gasteiger partial charge in [-0.3, -0.25) is 0 Å². The Morgan fingerprint density at radius 3 is 2.87 bits per heavy atom. The standard InChI is InChI=1S/C10H9ClN2OS/c1-14-8-3-2-6(11)4-7(8)9-5-13-10(12)15-9/h2-5H,1H3,(H2,12,13). The summed E-state index contributed by atoms with van der Waals surface area (Å²) in [7, 11) is 1.62. The van der Waals surface area contributed by atoms with E-state index in [4.69, 9.17) is 22.1 Å². The fourth-order valence-corrected chi connectivity index (χ4v) is 2.16. The average Bonchev–Trinajstić information content (AvgIpc) is 2.65. The topological polar surface area (TPSA) is 48.1 Å². The maximum absolute atomic E-state index is 5.93. The molecule has 0 spiro atoms. The molecule has 0 saturated heterocycles. The number of aromatic nitrogens is 1. The highest BCUT2D eigenvalue weighted by molar-refractivity contribution is 7.18. The SMILES string of the molecule is COc1ccc(Cl)cc1-c1cnc(N)s1. The van der Waals surface area contributed by atoms with Crippen molar-refractivity contribution < 1.29 is 4.74 Å². The van der Waals surface area contributed by atoms with E-state index in [2.05, 4.69) is 4.98 Å². The fraction of sp³-hybridized carbons (Fsp3) is 0.100. The number of nitrogens with two attached hydrogens (primary N) is 1. The first-order valence-corrected chi connectivity index (χ1v) is 5.45. The van der Waals surface area contributed by atoms with E-state index in [1.807, 2.05) is 12.1 Å². The van der Waals surface area contributed by atoms with Gasteiger partial charge in [0.15, 0.2) is 5.13 Å². The van der Waals surface area contributed by atoms with Crippen molar-refractivity contribution in [3.8, 4) is 16.2 Å². The number of hydrogen-bond donors (Lipinski definition) is 1. The third-order valence-electron chi connectivity index (χ3n) is 1.95. The van der Waals surface area contributed by atoms with Crippen LogP contribution in [0.1, 0.15) is 0 Å². The first-order chi connectivity index (χ1) is 7.20. The summed E-state index contributed by atoms with van der Waals surface area (Å²) < 4.78 is 5.24. The summed E-state index contributed by atoms with van der Waals surface area (Å²) in [6, 6.07) is 5.45. The van der Waals surface area contributed by atoms with Crippen LogP contribution >= 0.6 is 22.9 Å². The Morgan fingerprint density at radius 1 is 1.47 bits per heavy atom. The summed E-state index contributed by atoms with van der Waals surface area (Å²) in [4.78, 5) is 4.95. The summed E-state index contributed by atoms with van der Waals surface area (Å²) in [5.41, 5.74) is 6.50. The van der Waals surface area contributed by atoms with Crippen LogP contribution < -0.4 is 10.5 Å². The lowest BCUT2D eigenvalue weighted by Crippen LogP contribution is -1.85. The first kappa shape index (κ1) is 10.3. The van der Waals surface area contributed by atoms with Gasteiger partial charge in [0.1, 0.15) is 5.75 Å². The summed E-state index contributed by atoms with van der Waals surface area (Å²) >= 11 is 7.34. The number of methoxy groups -OCH3 is 1. The van der Waals surface area contributed by atoms with Crippen molar-refractivity contribution >= 4 is 28.1 Å². The van der Waals surface area contributed by atoms with Crippen LogP contribution in [0.5, 0.6) is 5.75 Å². The molecule has 0 atom stereocenters. The van der Waals surface area contributed by atoms with Gasteiger partial charge in [-0.15, -0.1) is 0 Å². The van der Waals surface area contributed by atoms with Gasteiger partial charge >= 0.3 is 0 Å². The zero-order valence-corrected chi connectivity index (χ0v) is 9.60. The molecule has 0 saturated carbocycles. The highest BCUT2D eigenvalue weighted by atomic mass is 35.5. The summed E-state index contributed by atoms with van der Waals surface area (Å²) in [6.45, 7) is 0. The van der Waals surface area contributed by atoms with Crippen LogP contribution in [0, 0.1) is 0 Å². The molecule has 0 aliphatic carbocycles. The van der Waals surface area contributed by atoms with Crippen LogP contribution in [-0.4, -0.2) is 12.1 Å². The monoisotopic (exact) mass is 240 g/mol. The van der Waals surface area contributed by atoms with Crippen molar-refractivity contribution in [3.63, 3.8) is 0 Å². The average molecular weight is 241 g/mol. The van der Waals surface area contributed by atoms with E-state index in [-0.39, 0.29) is 0 Å². The molecule has 3 nitrogen and oxygen atoms in total. The van der Waals surface area contributed by atoms with Crippen LogP contribution in [0.2, 0.25) is 5.02 Å². The third-order valence-corrected chi connectivity index (χ3v) is 3.05. The second kappa shape index (κ2) is 4.08. The van der Waals surface area contributed by atoms with Crippen molar-refractivity contribution in [1.82, 2.24) is 4.98 Å². The Balaban J connectivity index is 2.55. The van der Waals surface area contributed by atoms with Crippen molar-refractivity contribution in [2.75, 3.05) is 12.8 Å². The van der Waals surface area contributed by atoms with Gasteiger partial charge in [-0.25, -0.2) is 4.98 Å². The molecule has 1 aromatic carbocycles. The van der Waals surface area contributed by atoms with E-state index >= 15 is 0 Å². The lowest BCUT2D eigenvalue weighted by atomic mass is 10.2. The second-order valence-electron chi connectivity index (χ2n) is 2.91. The minimum Gasteiger partial charge on any atom is -0.496 e. The number of nitrogens with zero attached hydrogens (tertiary/aromatic N) is 1. The van der Waals surface area contributed by atoms with Crippen LogP contribution in [-0.2, 0) is 0 Å². The minimum atomic E-state index is 0.534. The van der Waals surface area contributed by atoms with E-state index in [0.717, 1.165) is 16.2 Å². The van der Waals surface area contributed by atoms with Gasteiger partial charge in [0.25, 0.3) is 0 Å². The molecule has 5 heteroatoms. The van der Waals surface area contributed by atoms with Crippen molar-refractivity contribution in [2.45, 2.75) is 0 Å². The van der Waals surface area contributed by atoms with E-state index in [1.54, 1.807) is 19.4 Å². The maximum Gasteiger partial charge on any atom is 0.180 e. The summed E-state index contributed by atoms with van der Waals surface area (Å²) in [5, 5.41) is 1.20. The number of thiazole rings is 1. The molecule has 2 aromatic rings. The molecule has 2 rings (SSSR count). The fourth-order valence-electron chi connectivity index (χ4n) is 1.28. The van der Waals surface area contributed by atoms with Crippen molar-refractivity contribution in [1.29, 1.82) is 0 Å². The minimum absolute atomic E-state index is 0.534. The normalized spacial score (nSPS) is 10.3. The molecule has 0 unspecified atom stereocenters. The summed E-state index contributed by atoms with van der Waals surface area (Å²) in [6.07, 6.45) is 1.72. The number of benzene rings is 1. The number of rotatable bonds is 2. The van der Waals surface area contributed by atoms with Crippen LogP contribution in [0.4, 0.5) is 5.13 Å². The second-order valence-corrected chi connectivity index (χ2v) is 4.41. The van der Waals surface area contributed by atoms with Crippen molar-refractivity contribution in [2.24, 2.45) is 0 Å². The van der Waals surface area contributed by atoms with Crippen molar-refractivity contribution in [3.05, 3.63) is 29.4 Å². The number of halogens is 1. The molecule has 78 valence electrons. The third kappa shape index (κ3) is 2.06. The van der Waals surface area contributed by atoms with Gasteiger partial charge in [0, 0.05) is 16.8 Å². The molecular formula is C10H9ClN2OS. The highest BCUT2D eigenvalue weighted by Gasteiger charge is 2.09. The van der Waals surface area contributed by atoms with Gasteiger partial charge in [-0.1, -0.05) is 22.9 Å². The maximum atomic E-state index is 5.93. The number of anilines is 1.